The first-order valence-corrected chi connectivity index (χ1v) is 7.28. The summed E-state index contributed by atoms with van der Waals surface area (Å²) >= 11 is 0. The molecule has 0 amide bonds. The van der Waals surface area contributed by atoms with E-state index in [9.17, 15) is 4.79 Å². The van der Waals surface area contributed by atoms with Gasteiger partial charge in [-0.2, -0.15) is 0 Å². The molecule has 2 atom stereocenters. The Morgan fingerprint density at radius 1 is 1.42 bits per heavy atom. The highest BCUT2D eigenvalue weighted by Crippen LogP contribution is 2.38. The number of hydrogen-bond acceptors (Lipinski definition) is 4. The number of nitrogens with one attached hydrogen (secondary N) is 1. The molecule has 1 aliphatic heterocycles. The van der Waals surface area contributed by atoms with Crippen LogP contribution in [-0.2, 0) is 0 Å². The number of aromatic nitrogens is 2. The van der Waals surface area contributed by atoms with Gasteiger partial charge in [-0.05, 0) is 39.0 Å². The Morgan fingerprint density at radius 2 is 2.21 bits per heavy atom. The van der Waals surface area contributed by atoms with Crippen LogP contribution in [0.3, 0.4) is 0 Å². The molecule has 5 nitrogen and oxygen atoms in total. The fourth-order valence-electron chi connectivity index (χ4n) is 2.95. The summed E-state index contributed by atoms with van der Waals surface area (Å²) in [4.78, 5) is 21.6. The van der Waals surface area contributed by atoms with Crippen molar-refractivity contribution in [3.8, 4) is 0 Å². The number of anilines is 1. The predicted octanol–water partition coefficient (Wildman–Crippen LogP) is 1.35. The molecule has 0 bridgehead atoms. The average Bonchev–Trinajstić information content (AvgIpc) is 3.22. The lowest BCUT2D eigenvalue weighted by atomic mass is 9.97. The summed E-state index contributed by atoms with van der Waals surface area (Å²) in [5, 5.41) is 0. The van der Waals surface area contributed by atoms with E-state index in [0.29, 0.717) is 12.0 Å². The largest absolute Gasteiger partial charge is 0.352 e. The van der Waals surface area contributed by atoms with Crippen LogP contribution >= 0.6 is 0 Å². The van der Waals surface area contributed by atoms with Crippen molar-refractivity contribution in [2.45, 2.75) is 57.0 Å². The minimum atomic E-state index is -0.0408. The lowest BCUT2D eigenvalue weighted by Crippen LogP contribution is -2.50. The first-order valence-electron chi connectivity index (χ1n) is 7.28. The fourth-order valence-corrected chi connectivity index (χ4v) is 2.95. The van der Waals surface area contributed by atoms with Crippen LogP contribution < -0.4 is 16.2 Å². The number of rotatable bonds is 3. The number of nitrogens with zero attached hydrogens (tertiary/aromatic N) is 2. The lowest BCUT2D eigenvalue weighted by Gasteiger charge is -2.38. The van der Waals surface area contributed by atoms with E-state index in [-0.39, 0.29) is 11.6 Å². The highest BCUT2D eigenvalue weighted by Gasteiger charge is 2.30. The Labute approximate surface area is 113 Å². The molecule has 2 heterocycles. The van der Waals surface area contributed by atoms with Crippen LogP contribution in [0.1, 0.15) is 50.8 Å². The van der Waals surface area contributed by atoms with Gasteiger partial charge in [0.15, 0.2) is 0 Å². The maximum absolute atomic E-state index is 11.8. The standard InChI is InChI=1S/C14H22N4O/c1-9(15)11-4-2-3-7-18(11)12-8-13(19)17-14(16-12)10-5-6-10/h8-11H,2-7,15H2,1H3,(H,16,17,19). The smallest absolute Gasteiger partial charge is 0.252 e. The van der Waals surface area contributed by atoms with E-state index >= 15 is 0 Å². The molecule has 1 aliphatic carbocycles. The highest BCUT2D eigenvalue weighted by molar-refractivity contribution is 5.40. The van der Waals surface area contributed by atoms with Crippen molar-refractivity contribution in [3.05, 3.63) is 22.2 Å². The molecule has 2 unspecified atom stereocenters. The predicted molar refractivity (Wildman–Crippen MR) is 75.5 cm³/mol. The Hall–Kier alpha value is -1.36. The molecule has 104 valence electrons. The lowest BCUT2D eigenvalue weighted by molar-refractivity contribution is 0.410. The molecular weight excluding hydrogens is 240 g/mol. The van der Waals surface area contributed by atoms with Gasteiger partial charge in [-0.25, -0.2) is 4.98 Å². The Bertz CT molecular complexity index is 506. The van der Waals surface area contributed by atoms with E-state index in [0.717, 1.165) is 43.9 Å². The number of H-pyrrole nitrogens is 1. The quantitative estimate of drug-likeness (QED) is 0.862. The van der Waals surface area contributed by atoms with Gasteiger partial charge in [0.05, 0.1) is 0 Å². The van der Waals surface area contributed by atoms with Gasteiger partial charge < -0.3 is 15.6 Å². The Morgan fingerprint density at radius 3 is 2.89 bits per heavy atom. The molecule has 5 heteroatoms. The molecule has 1 saturated heterocycles. The van der Waals surface area contributed by atoms with Crippen molar-refractivity contribution >= 4 is 5.82 Å². The summed E-state index contributed by atoms with van der Waals surface area (Å²) in [5.41, 5.74) is 6.05. The Balaban J connectivity index is 1.92. The molecule has 3 N–H and O–H groups in total. The van der Waals surface area contributed by atoms with Crippen LogP contribution in [0.2, 0.25) is 0 Å². The third kappa shape index (κ3) is 2.66. The van der Waals surface area contributed by atoms with E-state index in [2.05, 4.69) is 14.9 Å². The summed E-state index contributed by atoms with van der Waals surface area (Å²) in [7, 11) is 0. The maximum atomic E-state index is 11.8. The number of piperidine rings is 1. The molecule has 3 rings (SSSR count). The van der Waals surface area contributed by atoms with Gasteiger partial charge in [0.1, 0.15) is 11.6 Å². The summed E-state index contributed by atoms with van der Waals surface area (Å²) in [6.45, 7) is 2.99. The van der Waals surface area contributed by atoms with Crippen LogP contribution in [-0.4, -0.2) is 28.6 Å². The molecular formula is C14H22N4O. The monoisotopic (exact) mass is 262 g/mol. The van der Waals surface area contributed by atoms with Crippen molar-refractivity contribution in [3.63, 3.8) is 0 Å². The number of aromatic amines is 1. The minimum Gasteiger partial charge on any atom is -0.352 e. The molecule has 2 fully saturated rings. The van der Waals surface area contributed by atoms with Crippen LogP contribution in [0.25, 0.3) is 0 Å². The second-order valence-corrected chi connectivity index (χ2v) is 5.88. The van der Waals surface area contributed by atoms with Crippen molar-refractivity contribution in [1.82, 2.24) is 9.97 Å². The minimum absolute atomic E-state index is 0.0408. The van der Waals surface area contributed by atoms with Gasteiger partial charge in [0.25, 0.3) is 5.56 Å². The van der Waals surface area contributed by atoms with E-state index in [1.54, 1.807) is 6.07 Å². The summed E-state index contributed by atoms with van der Waals surface area (Å²) in [6, 6.07) is 2.02. The van der Waals surface area contributed by atoms with Gasteiger partial charge in [0, 0.05) is 30.6 Å². The first kappa shape index (κ1) is 12.7. The van der Waals surface area contributed by atoms with E-state index in [1.165, 1.54) is 6.42 Å². The average molecular weight is 262 g/mol. The van der Waals surface area contributed by atoms with Crippen LogP contribution in [0.15, 0.2) is 10.9 Å². The molecule has 1 aromatic rings. The van der Waals surface area contributed by atoms with Crippen molar-refractivity contribution in [2.24, 2.45) is 5.73 Å². The zero-order valence-corrected chi connectivity index (χ0v) is 11.4. The van der Waals surface area contributed by atoms with Gasteiger partial charge in [-0.15, -0.1) is 0 Å². The van der Waals surface area contributed by atoms with Gasteiger partial charge >= 0.3 is 0 Å². The molecule has 19 heavy (non-hydrogen) atoms. The second-order valence-electron chi connectivity index (χ2n) is 5.88. The van der Waals surface area contributed by atoms with E-state index in [4.69, 9.17) is 5.73 Å². The fraction of sp³-hybridized carbons (Fsp3) is 0.714. The molecule has 1 aromatic heterocycles. The molecule has 0 aromatic carbocycles. The first-order chi connectivity index (χ1) is 9.15. The molecule has 1 saturated carbocycles. The Kier molecular flexibility index (Phi) is 3.31. The van der Waals surface area contributed by atoms with Crippen LogP contribution in [0.4, 0.5) is 5.82 Å². The van der Waals surface area contributed by atoms with E-state index < -0.39 is 0 Å². The van der Waals surface area contributed by atoms with Crippen molar-refractivity contribution < 1.29 is 0 Å². The number of nitrogens with two attached hydrogens (primary N) is 1. The SMILES string of the molecule is CC(N)C1CCCCN1c1cc(=O)[nH]c(C2CC2)n1. The zero-order chi connectivity index (χ0) is 13.4. The third-order valence-electron chi connectivity index (χ3n) is 4.16. The summed E-state index contributed by atoms with van der Waals surface area (Å²) in [6.07, 6.45) is 5.73. The molecule has 0 spiro atoms. The van der Waals surface area contributed by atoms with Crippen LogP contribution in [0, 0.1) is 0 Å². The van der Waals surface area contributed by atoms with Crippen molar-refractivity contribution in [2.75, 3.05) is 11.4 Å². The normalized spacial score (nSPS) is 25.4. The summed E-state index contributed by atoms with van der Waals surface area (Å²) < 4.78 is 0. The maximum Gasteiger partial charge on any atom is 0.252 e. The topological polar surface area (TPSA) is 75.0 Å². The van der Waals surface area contributed by atoms with Crippen molar-refractivity contribution in [1.29, 1.82) is 0 Å². The third-order valence-corrected chi connectivity index (χ3v) is 4.16. The highest BCUT2D eigenvalue weighted by atomic mass is 16.1. The zero-order valence-electron chi connectivity index (χ0n) is 11.4. The van der Waals surface area contributed by atoms with E-state index in [1.807, 2.05) is 6.92 Å². The molecule has 2 aliphatic rings. The summed E-state index contributed by atoms with van der Waals surface area (Å²) in [5.74, 6) is 2.13. The van der Waals surface area contributed by atoms with Gasteiger partial charge in [-0.3, -0.25) is 4.79 Å². The second kappa shape index (κ2) is 4.96. The number of hydrogen-bond donors (Lipinski definition) is 2. The van der Waals surface area contributed by atoms with Gasteiger partial charge in [-0.1, -0.05) is 0 Å². The van der Waals surface area contributed by atoms with Crippen LogP contribution in [0.5, 0.6) is 0 Å². The molecule has 0 radical (unpaired) electrons. The van der Waals surface area contributed by atoms with Gasteiger partial charge in [0.2, 0.25) is 0 Å².